The highest BCUT2D eigenvalue weighted by Crippen LogP contribution is 2.35. The maximum Gasteiger partial charge on any atom is 0.316 e. The molecule has 8 heteroatoms. The van der Waals surface area contributed by atoms with Gasteiger partial charge in [0, 0.05) is 15.8 Å². The first-order valence-corrected chi connectivity index (χ1v) is 9.71. The molecule has 0 bridgehead atoms. The molecule has 136 valence electrons. The molecule has 0 atom stereocenters. The van der Waals surface area contributed by atoms with Gasteiger partial charge in [-0.15, -0.1) is 11.3 Å². The van der Waals surface area contributed by atoms with Crippen LogP contribution in [0.2, 0.25) is 0 Å². The van der Waals surface area contributed by atoms with Crippen LogP contribution < -0.4 is 5.32 Å². The van der Waals surface area contributed by atoms with Gasteiger partial charge in [0.25, 0.3) is 5.91 Å². The molecule has 2 aromatic rings. The Morgan fingerprint density at radius 2 is 1.88 bits per heavy atom. The minimum atomic E-state index is -0.442. The lowest BCUT2D eigenvalue weighted by Crippen LogP contribution is -2.42. The molecule has 2 rings (SSSR count). The number of hydrogen-bond donors (Lipinski definition) is 1. The molecule has 0 saturated heterocycles. The maximum absolute atomic E-state index is 11.9. The molecule has 2 aromatic heterocycles. The van der Waals surface area contributed by atoms with Crippen LogP contribution in [0.1, 0.15) is 37.0 Å². The summed E-state index contributed by atoms with van der Waals surface area (Å²) in [5.74, 6) is 0.0237. The minimum Gasteiger partial charge on any atom is -0.455 e. The highest BCUT2D eigenvalue weighted by molar-refractivity contribution is 8.00. The summed E-state index contributed by atoms with van der Waals surface area (Å²) in [5, 5.41) is 4.52. The summed E-state index contributed by atoms with van der Waals surface area (Å²) in [6, 6.07) is 0. The van der Waals surface area contributed by atoms with E-state index in [9.17, 15) is 9.59 Å². The SMILES string of the molecule is Cc1nc(SCC(=O)OCC(=O)NC(C)(C)C)c2c(C)c(C)sc2n1. The molecule has 0 spiro atoms. The van der Waals surface area contributed by atoms with Gasteiger partial charge < -0.3 is 10.1 Å². The van der Waals surface area contributed by atoms with Crippen molar-refractivity contribution >= 4 is 45.2 Å². The van der Waals surface area contributed by atoms with Crippen LogP contribution in [0.5, 0.6) is 0 Å². The Bertz CT molecular complexity index is 810. The van der Waals surface area contributed by atoms with E-state index in [0.29, 0.717) is 5.82 Å². The molecule has 0 aromatic carbocycles. The first-order chi connectivity index (χ1) is 11.6. The summed E-state index contributed by atoms with van der Waals surface area (Å²) >= 11 is 2.94. The third kappa shape index (κ3) is 5.40. The smallest absolute Gasteiger partial charge is 0.316 e. The Morgan fingerprint density at radius 1 is 1.20 bits per heavy atom. The summed E-state index contributed by atoms with van der Waals surface area (Å²) in [4.78, 5) is 34.7. The normalized spacial score (nSPS) is 11.6. The minimum absolute atomic E-state index is 0.0999. The molecule has 25 heavy (non-hydrogen) atoms. The Kier molecular flexibility index (Phi) is 6.05. The predicted octanol–water partition coefficient (Wildman–Crippen LogP) is 3.17. The first kappa shape index (κ1) is 19.7. The van der Waals surface area contributed by atoms with E-state index in [0.717, 1.165) is 20.8 Å². The first-order valence-electron chi connectivity index (χ1n) is 7.90. The number of thioether (sulfide) groups is 1. The van der Waals surface area contributed by atoms with E-state index in [1.807, 2.05) is 41.5 Å². The van der Waals surface area contributed by atoms with E-state index in [2.05, 4.69) is 15.3 Å². The van der Waals surface area contributed by atoms with Crippen LogP contribution in [0.4, 0.5) is 0 Å². The Balaban J connectivity index is 1.98. The molecule has 1 N–H and O–H groups in total. The van der Waals surface area contributed by atoms with Crippen molar-refractivity contribution in [2.24, 2.45) is 0 Å². The number of aromatic nitrogens is 2. The fourth-order valence-electron chi connectivity index (χ4n) is 2.19. The summed E-state index contributed by atoms with van der Waals surface area (Å²) in [6.07, 6.45) is 0. The Labute approximate surface area is 155 Å². The third-order valence-corrected chi connectivity index (χ3v) is 5.36. The van der Waals surface area contributed by atoms with Gasteiger partial charge in [0.15, 0.2) is 6.61 Å². The van der Waals surface area contributed by atoms with Gasteiger partial charge in [-0.05, 0) is 47.1 Å². The van der Waals surface area contributed by atoms with Crippen molar-refractivity contribution in [1.82, 2.24) is 15.3 Å². The number of carbonyl (C=O) groups excluding carboxylic acids is 2. The number of ether oxygens (including phenoxy) is 1. The van der Waals surface area contributed by atoms with E-state index in [4.69, 9.17) is 4.74 Å². The fourth-order valence-corrected chi connectivity index (χ4v) is 4.26. The summed E-state index contributed by atoms with van der Waals surface area (Å²) in [5.41, 5.74) is 0.789. The summed E-state index contributed by atoms with van der Waals surface area (Å²) < 4.78 is 5.04. The molecule has 0 aliphatic carbocycles. The number of amides is 1. The molecule has 6 nitrogen and oxygen atoms in total. The second-order valence-electron chi connectivity index (χ2n) is 6.79. The van der Waals surface area contributed by atoms with Crippen molar-refractivity contribution in [3.8, 4) is 0 Å². The molecule has 0 fully saturated rings. The molecular weight excluding hydrogens is 358 g/mol. The van der Waals surface area contributed by atoms with Crippen LogP contribution in [0.15, 0.2) is 5.03 Å². The molecule has 0 aliphatic rings. The standard InChI is InChI=1S/C17H23N3O3S2/c1-9-10(2)25-16-14(9)15(18-11(3)19-16)24-8-13(22)23-7-12(21)20-17(4,5)6/h7-8H2,1-6H3,(H,20,21). The van der Waals surface area contributed by atoms with Crippen molar-refractivity contribution in [2.75, 3.05) is 12.4 Å². The van der Waals surface area contributed by atoms with Crippen LogP contribution >= 0.6 is 23.1 Å². The number of hydrogen-bond acceptors (Lipinski definition) is 7. The van der Waals surface area contributed by atoms with E-state index in [-0.39, 0.29) is 23.8 Å². The highest BCUT2D eigenvalue weighted by atomic mass is 32.2. The van der Waals surface area contributed by atoms with Crippen molar-refractivity contribution < 1.29 is 14.3 Å². The number of nitrogens with one attached hydrogen (secondary N) is 1. The molecule has 0 saturated carbocycles. The van der Waals surface area contributed by atoms with Crippen molar-refractivity contribution in [3.05, 3.63) is 16.3 Å². The molecule has 0 unspecified atom stereocenters. The van der Waals surface area contributed by atoms with Crippen molar-refractivity contribution in [2.45, 2.75) is 52.1 Å². The average Bonchev–Trinajstić information content (AvgIpc) is 2.75. The second-order valence-corrected chi connectivity index (χ2v) is 8.95. The topological polar surface area (TPSA) is 81.2 Å². The van der Waals surface area contributed by atoms with Gasteiger partial charge in [-0.25, -0.2) is 9.97 Å². The largest absolute Gasteiger partial charge is 0.455 e. The zero-order chi connectivity index (χ0) is 18.8. The van der Waals surface area contributed by atoms with Crippen LogP contribution in [0, 0.1) is 20.8 Å². The van der Waals surface area contributed by atoms with Crippen LogP contribution in [-0.4, -0.2) is 39.7 Å². The van der Waals surface area contributed by atoms with Gasteiger partial charge in [-0.3, -0.25) is 9.59 Å². The van der Waals surface area contributed by atoms with E-state index >= 15 is 0 Å². The van der Waals surface area contributed by atoms with Crippen LogP contribution in [0.3, 0.4) is 0 Å². The van der Waals surface area contributed by atoms with Gasteiger partial charge >= 0.3 is 5.97 Å². The average molecular weight is 382 g/mol. The number of aryl methyl sites for hydroxylation is 3. The van der Waals surface area contributed by atoms with E-state index in [1.165, 1.54) is 16.6 Å². The highest BCUT2D eigenvalue weighted by Gasteiger charge is 2.17. The third-order valence-electron chi connectivity index (χ3n) is 3.31. The molecular formula is C17H23N3O3S2. The Morgan fingerprint density at radius 3 is 2.52 bits per heavy atom. The zero-order valence-electron chi connectivity index (χ0n) is 15.3. The summed E-state index contributed by atoms with van der Waals surface area (Å²) in [6.45, 7) is 11.3. The zero-order valence-corrected chi connectivity index (χ0v) is 17.0. The molecule has 0 radical (unpaired) electrons. The lowest BCUT2D eigenvalue weighted by molar-refractivity contribution is -0.146. The lowest BCUT2D eigenvalue weighted by atomic mass is 10.1. The van der Waals surface area contributed by atoms with E-state index < -0.39 is 5.97 Å². The van der Waals surface area contributed by atoms with Crippen molar-refractivity contribution in [1.29, 1.82) is 0 Å². The number of thiophene rings is 1. The summed E-state index contributed by atoms with van der Waals surface area (Å²) in [7, 11) is 0. The van der Waals surface area contributed by atoms with Gasteiger partial charge in [-0.2, -0.15) is 0 Å². The van der Waals surface area contributed by atoms with E-state index in [1.54, 1.807) is 11.3 Å². The van der Waals surface area contributed by atoms with Crippen LogP contribution in [-0.2, 0) is 14.3 Å². The Hall–Kier alpha value is -1.67. The van der Waals surface area contributed by atoms with Gasteiger partial charge in [0.1, 0.15) is 15.7 Å². The number of rotatable bonds is 5. The van der Waals surface area contributed by atoms with Crippen molar-refractivity contribution in [3.63, 3.8) is 0 Å². The molecule has 2 heterocycles. The molecule has 1 amide bonds. The lowest BCUT2D eigenvalue weighted by Gasteiger charge is -2.20. The molecule has 0 aliphatic heterocycles. The number of nitrogens with zero attached hydrogens (tertiary/aromatic N) is 2. The van der Waals surface area contributed by atoms with Gasteiger partial charge in [0.05, 0.1) is 5.75 Å². The van der Waals surface area contributed by atoms with Crippen LogP contribution in [0.25, 0.3) is 10.2 Å². The number of esters is 1. The monoisotopic (exact) mass is 381 g/mol. The maximum atomic E-state index is 11.9. The predicted molar refractivity (Wildman–Crippen MR) is 101 cm³/mol. The van der Waals surface area contributed by atoms with Gasteiger partial charge in [0.2, 0.25) is 0 Å². The van der Waals surface area contributed by atoms with Gasteiger partial charge in [-0.1, -0.05) is 11.8 Å². The fraction of sp³-hybridized carbons (Fsp3) is 0.529. The number of fused-ring (bicyclic) bond motifs is 1. The number of carbonyl (C=O) groups is 2. The quantitative estimate of drug-likeness (QED) is 0.487. The second kappa shape index (κ2) is 7.70.